The van der Waals surface area contributed by atoms with E-state index < -0.39 is 0 Å². The maximum absolute atomic E-state index is 4.37. The second-order valence-electron chi connectivity index (χ2n) is 4.37. The zero-order valence-corrected chi connectivity index (χ0v) is 11.3. The third kappa shape index (κ3) is 1.80. The highest BCUT2D eigenvalue weighted by Gasteiger charge is 2.26. The number of aryl methyl sites for hydroxylation is 1. The van der Waals surface area contributed by atoms with Gasteiger partial charge in [-0.05, 0) is 19.8 Å². The van der Waals surface area contributed by atoms with Crippen molar-refractivity contribution >= 4 is 27.5 Å². The fourth-order valence-corrected chi connectivity index (χ4v) is 3.09. The Morgan fingerprint density at radius 3 is 3.24 bits per heavy atom. The minimum atomic E-state index is 0.546. The van der Waals surface area contributed by atoms with E-state index in [0.717, 1.165) is 23.4 Å². The first-order valence-corrected chi connectivity index (χ1v) is 6.92. The van der Waals surface area contributed by atoms with Crippen molar-refractivity contribution in [3.8, 4) is 0 Å². The molecule has 0 amide bonds. The largest absolute Gasteiger partial charge is 0.353 e. The van der Waals surface area contributed by atoms with Gasteiger partial charge in [0.25, 0.3) is 5.78 Å². The van der Waals surface area contributed by atoms with E-state index >= 15 is 0 Å². The third-order valence-electron chi connectivity index (χ3n) is 3.21. The van der Waals surface area contributed by atoms with E-state index in [2.05, 4.69) is 42.0 Å². The molecular formula is C11H14BrN5. The summed E-state index contributed by atoms with van der Waals surface area (Å²) in [6, 6.07) is 2.63. The Bertz CT molecular complexity index is 538. The number of anilines is 1. The summed E-state index contributed by atoms with van der Waals surface area (Å²) in [5.74, 6) is 1.78. The number of nitrogens with zero attached hydrogens (tertiary/aromatic N) is 5. The molecule has 0 saturated carbocycles. The van der Waals surface area contributed by atoms with Gasteiger partial charge in [0.05, 0.1) is 0 Å². The predicted molar refractivity (Wildman–Crippen MR) is 69.7 cm³/mol. The molecule has 1 aliphatic rings. The number of rotatable bonds is 2. The lowest BCUT2D eigenvalue weighted by Crippen LogP contribution is -2.32. The summed E-state index contributed by atoms with van der Waals surface area (Å²) >= 11 is 3.58. The minimum absolute atomic E-state index is 0.546. The standard InChI is InChI=1S/C11H14BrN5/c1-8-5-10(16-4-2-3-9(16)6-12)17-11(15-8)13-7-14-17/h5,7,9H,2-4,6H2,1H3. The zero-order chi connectivity index (χ0) is 11.8. The molecule has 0 aromatic carbocycles. The lowest BCUT2D eigenvalue weighted by atomic mass is 10.2. The van der Waals surface area contributed by atoms with Gasteiger partial charge in [0.15, 0.2) is 0 Å². The number of hydrogen-bond acceptors (Lipinski definition) is 4. The predicted octanol–water partition coefficient (Wildman–Crippen LogP) is 1.80. The second kappa shape index (κ2) is 4.25. The molecule has 17 heavy (non-hydrogen) atoms. The van der Waals surface area contributed by atoms with Gasteiger partial charge in [0, 0.05) is 29.7 Å². The van der Waals surface area contributed by atoms with Crippen molar-refractivity contribution in [2.75, 3.05) is 16.8 Å². The van der Waals surface area contributed by atoms with Crippen LogP contribution in [0, 0.1) is 6.92 Å². The number of halogens is 1. The van der Waals surface area contributed by atoms with E-state index in [1.54, 1.807) is 6.33 Å². The normalized spacial score (nSPS) is 20.4. The monoisotopic (exact) mass is 295 g/mol. The molecule has 0 radical (unpaired) electrons. The topological polar surface area (TPSA) is 46.3 Å². The molecule has 90 valence electrons. The Balaban J connectivity index is 2.12. The maximum Gasteiger partial charge on any atom is 0.254 e. The highest BCUT2D eigenvalue weighted by Crippen LogP contribution is 2.26. The van der Waals surface area contributed by atoms with E-state index in [0.29, 0.717) is 11.8 Å². The average molecular weight is 296 g/mol. The van der Waals surface area contributed by atoms with Crippen molar-refractivity contribution < 1.29 is 0 Å². The summed E-state index contributed by atoms with van der Waals surface area (Å²) in [4.78, 5) is 10.9. The third-order valence-corrected chi connectivity index (χ3v) is 3.96. The Morgan fingerprint density at radius 1 is 1.53 bits per heavy atom. The summed E-state index contributed by atoms with van der Waals surface area (Å²) in [5.41, 5.74) is 0.987. The van der Waals surface area contributed by atoms with Crippen molar-refractivity contribution in [2.24, 2.45) is 0 Å². The van der Waals surface area contributed by atoms with E-state index in [4.69, 9.17) is 0 Å². The first kappa shape index (κ1) is 11.0. The highest BCUT2D eigenvalue weighted by molar-refractivity contribution is 9.09. The summed E-state index contributed by atoms with van der Waals surface area (Å²) in [5, 5.41) is 5.25. The molecule has 0 bridgehead atoms. The van der Waals surface area contributed by atoms with E-state index in [1.165, 1.54) is 12.8 Å². The molecule has 0 N–H and O–H groups in total. The van der Waals surface area contributed by atoms with E-state index in [-0.39, 0.29) is 0 Å². The summed E-state index contributed by atoms with van der Waals surface area (Å²) in [6.45, 7) is 3.08. The lowest BCUT2D eigenvalue weighted by Gasteiger charge is -2.25. The van der Waals surface area contributed by atoms with Crippen molar-refractivity contribution in [3.63, 3.8) is 0 Å². The lowest BCUT2D eigenvalue weighted by molar-refractivity contribution is 0.724. The Kier molecular flexibility index (Phi) is 2.74. The van der Waals surface area contributed by atoms with Crippen LogP contribution in [0.5, 0.6) is 0 Å². The molecular weight excluding hydrogens is 282 g/mol. The zero-order valence-electron chi connectivity index (χ0n) is 9.67. The van der Waals surface area contributed by atoms with Crippen molar-refractivity contribution in [2.45, 2.75) is 25.8 Å². The SMILES string of the molecule is Cc1cc(N2CCCC2CBr)n2ncnc2n1. The van der Waals surface area contributed by atoms with Gasteiger partial charge in [0.1, 0.15) is 12.1 Å². The molecule has 1 aliphatic heterocycles. The molecule has 2 aromatic rings. The molecule has 0 aliphatic carbocycles. The van der Waals surface area contributed by atoms with Crippen LogP contribution in [0.4, 0.5) is 5.82 Å². The van der Waals surface area contributed by atoms with Crippen LogP contribution in [0.25, 0.3) is 5.78 Å². The van der Waals surface area contributed by atoms with Gasteiger partial charge < -0.3 is 4.90 Å². The molecule has 1 saturated heterocycles. The van der Waals surface area contributed by atoms with Gasteiger partial charge in [0.2, 0.25) is 0 Å². The fourth-order valence-electron chi connectivity index (χ4n) is 2.41. The Morgan fingerprint density at radius 2 is 2.41 bits per heavy atom. The van der Waals surface area contributed by atoms with Crippen LogP contribution in [0.2, 0.25) is 0 Å². The number of aromatic nitrogens is 4. The second-order valence-corrected chi connectivity index (χ2v) is 5.02. The van der Waals surface area contributed by atoms with Crippen LogP contribution in [-0.4, -0.2) is 37.5 Å². The fraction of sp³-hybridized carbons (Fsp3) is 0.545. The Labute approximate surface area is 108 Å². The van der Waals surface area contributed by atoms with Gasteiger partial charge in [-0.15, -0.1) is 0 Å². The molecule has 6 heteroatoms. The molecule has 1 unspecified atom stereocenters. The van der Waals surface area contributed by atoms with Gasteiger partial charge >= 0.3 is 0 Å². The van der Waals surface area contributed by atoms with Crippen molar-refractivity contribution in [1.82, 2.24) is 19.6 Å². The molecule has 5 nitrogen and oxygen atoms in total. The first-order valence-electron chi connectivity index (χ1n) is 5.79. The van der Waals surface area contributed by atoms with Gasteiger partial charge in [-0.3, -0.25) is 0 Å². The number of hydrogen-bond donors (Lipinski definition) is 0. The van der Waals surface area contributed by atoms with Gasteiger partial charge in [-0.25, -0.2) is 4.98 Å². The minimum Gasteiger partial charge on any atom is -0.353 e. The highest BCUT2D eigenvalue weighted by atomic mass is 79.9. The molecule has 2 aromatic heterocycles. The van der Waals surface area contributed by atoms with E-state index in [1.807, 2.05) is 11.4 Å². The van der Waals surface area contributed by atoms with Gasteiger partial charge in [-0.2, -0.15) is 14.6 Å². The van der Waals surface area contributed by atoms with Gasteiger partial charge in [-0.1, -0.05) is 15.9 Å². The number of fused-ring (bicyclic) bond motifs is 1. The number of alkyl halides is 1. The summed E-state index contributed by atoms with van der Waals surface area (Å²) < 4.78 is 1.83. The molecule has 0 spiro atoms. The smallest absolute Gasteiger partial charge is 0.254 e. The van der Waals surface area contributed by atoms with Crippen LogP contribution in [0.3, 0.4) is 0 Å². The molecule has 3 heterocycles. The van der Waals surface area contributed by atoms with Crippen LogP contribution in [0.1, 0.15) is 18.5 Å². The van der Waals surface area contributed by atoms with Crippen LogP contribution in [0.15, 0.2) is 12.4 Å². The molecule has 1 atom stereocenters. The average Bonchev–Trinajstić information content (AvgIpc) is 2.95. The van der Waals surface area contributed by atoms with Crippen LogP contribution in [-0.2, 0) is 0 Å². The van der Waals surface area contributed by atoms with Crippen molar-refractivity contribution in [3.05, 3.63) is 18.1 Å². The van der Waals surface area contributed by atoms with Crippen molar-refractivity contribution in [1.29, 1.82) is 0 Å². The van der Waals surface area contributed by atoms with E-state index in [9.17, 15) is 0 Å². The maximum atomic E-state index is 4.37. The molecule has 3 rings (SSSR count). The Hall–Kier alpha value is -1.17. The van der Waals surface area contributed by atoms with Crippen LogP contribution < -0.4 is 4.90 Å². The summed E-state index contributed by atoms with van der Waals surface area (Å²) in [6.07, 6.45) is 4.02. The first-order chi connectivity index (χ1) is 8.29. The van der Waals surface area contributed by atoms with Crippen LogP contribution >= 0.6 is 15.9 Å². The molecule has 1 fully saturated rings. The quantitative estimate of drug-likeness (QED) is 0.793. The summed E-state index contributed by atoms with van der Waals surface area (Å²) in [7, 11) is 0.